The lowest BCUT2D eigenvalue weighted by atomic mass is 10.0. The molecule has 1 aliphatic heterocycles. The fourth-order valence-electron chi connectivity index (χ4n) is 3.77. The lowest BCUT2D eigenvalue weighted by Crippen LogP contribution is -2.37. The highest BCUT2D eigenvalue weighted by atomic mass is 16.7. The molecule has 0 saturated carbocycles. The highest BCUT2D eigenvalue weighted by Crippen LogP contribution is 2.30. The van der Waals surface area contributed by atoms with Gasteiger partial charge in [-0.1, -0.05) is 32.4 Å². The summed E-state index contributed by atoms with van der Waals surface area (Å²) in [6.07, 6.45) is 5.27. The highest BCUT2D eigenvalue weighted by molar-refractivity contribution is 5.27. The summed E-state index contributed by atoms with van der Waals surface area (Å²) in [5.74, 6) is 0.606. The number of nitrogens with zero attached hydrogens (tertiary/aromatic N) is 1. The summed E-state index contributed by atoms with van der Waals surface area (Å²) in [7, 11) is 1.71. The van der Waals surface area contributed by atoms with E-state index in [9.17, 15) is 0 Å². The molecule has 2 rings (SSSR count). The van der Waals surface area contributed by atoms with Crippen molar-refractivity contribution in [3.05, 3.63) is 29.8 Å². The monoisotopic (exact) mass is 349 g/mol. The third-order valence-corrected chi connectivity index (χ3v) is 5.17. The van der Waals surface area contributed by atoms with Crippen molar-refractivity contribution in [2.45, 2.75) is 64.7 Å². The summed E-state index contributed by atoms with van der Waals surface area (Å²) >= 11 is 0. The second-order valence-electron chi connectivity index (χ2n) is 6.99. The molecular formula is C21H35NO3. The van der Waals surface area contributed by atoms with E-state index in [0.717, 1.165) is 64.2 Å². The summed E-state index contributed by atoms with van der Waals surface area (Å²) < 4.78 is 17.1. The predicted molar refractivity (Wildman–Crippen MR) is 102 cm³/mol. The molecule has 0 N–H and O–H groups in total. The lowest BCUT2D eigenvalue weighted by Gasteiger charge is -2.31. The van der Waals surface area contributed by atoms with Crippen molar-refractivity contribution in [2.24, 2.45) is 0 Å². The second kappa shape index (κ2) is 10.1. The molecule has 1 unspecified atom stereocenters. The fraction of sp³-hybridized carbons (Fsp3) is 0.714. The van der Waals surface area contributed by atoms with Gasteiger partial charge in [0.05, 0.1) is 20.3 Å². The van der Waals surface area contributed by atoms with Gasteiger partial charge in [-0.15, -0.1) is 0 Å². The van der Waals surface area contributed by atoms with E-state index in [1.54, 1.807) is 7.11 Å². The summed E-state index contributed by atoms with van der Waals surface area (Å²) in [5, 5.41) is 0. The van der Waals surface area contributed by atoms with Crippen LogP contribution in [0.4, 0.5) is 0 Å². The van der Waals surface area contributed by atoms with Crippen LogP contribution < -0.4 is 4.74 Å². The average Bonchev–Trinajstić information content (AvgIpc) is 3.08. The minimum Gasteiger partial charge on any atom is -0.497 e. The smallest absolute Gasteiger partial charge is 0.168 e. The Kier molecular flexibility index (Phi) is 8.20. The number of rotatable bonds is 11. The Morgan fingerprint density at radius 2 is 1.80 bits per heavy atom. The van der Waals surface area contributed by atoms with Crippen molar-refractivity contribution in [2.75, 3.05) is 33.4 Å². The van der Waals surface area contributed by atoms with E-state index in [0.29, 0.717) is 6.04 Å². The third-order valence-electron chi connectivity index (χ3n) is 5.17. The maximum atomic E-state index is 5.92. The molecule has 0 aromatic heterocycles. The molecule has 0 aliphatic carbocycles. The van der Waals surface area contributed by atoms with Gasteiger partial charge in [-0.3, -0.25) is 0 Å². The van der Waals surface area contributed by atoms with Crippen LogP contribution in [0.25, 0.3) is 0 Å². The molecule has 1 atom stereocenters. The van der Waals surface area contributed by atoms with Crippen LogP contribution in [0, 0.1) is 0 Å². The van der Waals surface area contributed by atoms with E-state index in [2.05, 4.69) is 37.8 Å². The van der Waals surface area contributed by atoms with Gasteiger partial charge in [-0.05, 0) is 50.6 Å². The Hall–Kier alpha value is -1.10. The Balaban J connectivity index is 1.81. The lowest BCUT2D eigenvalue weighted by molar-refractivity contribution is -0.168. The zero-order valence-corrected chi connectivity index (χ0v) is 16.4. The molecule has 1 aromatic carbocycles. The molecule has 0 bridgehead atoms. The van der Waals surface area contributed by atoms with Crippen LogP contribution in [-0.4, -0.2) is 50.1 Å². The van der Waals surface area contributed by atoms with E-state index >= 15 is 0 Å². The van der Waals surface area contributed by atoms with E-state index in [1.807, 2.05) is 12.1 Å². The van der Waals surface area contributed by atoms with Gasteiger partial charge in [0.2, 0.25) is 0 Å². The summed E-state index contributed by atoms with van der Waals surface area (Å²) in [6, 6.07) is 8.94. The largest absolute Gasteiger partial charge is 0.497 e. The van der Waals surface area contributed by atoms with Crippen molar-refractivity contribution in [1.82, 2.24) is 4.90 Å². The van der Waals surface area contributed by atoms with E-state index < -0.39 is 0 Å². The van der Waals surface area contributed by atoms with Crippen LogP contribution >= 0.6 is 0 Å². The molecule has 0 radical (unpaired) electrons. The van der Waals surface area contributed by atoms with Gasteiger partial charge in [0.15, 0.2) is 5.79 Å². The molecule has 4 heteroatoms. The van der Waals surface area contributed by atoms with Crippen LogP contribution in [0.3, 0.4) is 0 Å². The van der Waals surface area contributed by atoms with Crippen LogP contribution in [0.5, 0.6) is 5.75 Å². The maximum Gasteiger partial charge on any atom is 0.168 e. The molecule has 1 heterocycles. The first kappa shape index (κ1) is 20.2. The number of ether oxygens (including phenoxy) is 3. The van der Waals surface area contributed by atoms with Gasteiger partial charge in [0, 0.05) is 18.9 Å². The zero-order chi connectivity index (χ0) is 18.1. The van der Waals surface area contributed by atoms with Crippen LogP contribution in [-0.2, 0) is 15.9 Å². The van der Waals surface area contributed by atoms with E-state index in [1.165, 1.54) is 5.56 Å². The molecule has 142 valence electrons. The summed E-state index contributed by atoms with van der Waals surface area (Å²) in [6.45, 7) is 10.4. The molecule has 1 aliphatic rings. The van der Waals surface area contributed by atoms with Crippen LogP contribution in [0.1, 0.15) is 52.0 Å². The zero-order valence-electron chi connectivity index (χ0n) is 16.4. The standard InChI is InChI=1S/C21H35NO3/c1-5-12-21(24-15-16-25-21)13-7-14-22(6-2)18(3)17-19-8-10-20(23-4)11-9-19/h8-11,18H,5-7,12-17H2,1-4H3. The van der Waals surface area contributed by atoms with Crippen molar-refractivity contribution in [3.63, 3.8) is 0 Å². The molecule has 0 amide bonds. The number of benzene rings is 1. The van der Waals surface area contributed by atoms with E-state index in [4.69, 9.17) is 14.2 Å². The van der Waals surface area contributed by atoms with Crippen molar-refractivity contribution < 1.29 is 14.2 Å². The average molecular weight is 350 g/mol. The molecule has 0 spiro atoms. The van der Waals surface area contributed by atoms with Gasteiger partial charge in [-0.25, -0.2) is 0 Å². The van der Waals surface area contributed by atoms with Crippen LogP contribution in [0.2, 0.25) is 0 Å². The van der Waals surface area contributed by atoms with Gasteiger partial charge in [-0.2, -0.15) is 0 Å². The normalized spacial score (nSPS) is 17.8. The van der Waals surface area contributed by atoms with Gasteiger partial charge in [0.25, 0.3) is 0 Å². The third kappa shape index (κ3) is 5.98. The van der Waals surface area contributed by atoms with Gasteiger partial charge >= 0.3 is 0 Å². The van der Waals surface area contributed by atoms with Crippen molar-refractivity contribution >= 4 is 0 Å². The first-order valence-corrected chi connectivity index (χ1v) is 9.77. The first-order valence-electron chi connectivity index (χ1n) is 9.77. The van der Waals surface area contributed by atoms with Gasteiger partial charge in [0.1, 0.15) is 5.75 Å². The first-order chi connectivity index (χ1) is 12.1. The predicted octanol–water partition coefficient (Wildman–Crippen LogP) is 4.27. The van der Waals surface area contributed by atoms with Crippen molar-refractivity contribution in [3.8, 4) is 5.75 Å². The molecule has 25 heavy (non-hydrogen) atoms. The highest BCUT2D eigenvalue weighted by Gasteiger charge is 2.35. The van der Waals surface area contributed by atoms with E-state index in [-0.39, 0.29) is 5.79 Å². The topological polar surface area (TPSA) is 30.9 Å². The Morgan fingerprint density at radius 3 is 2.36 bits per heavy atom. The van der Waals surface area contributed by atoms with Crippen molar-refractivity contribution in [1.29, 1.82) is 0 Å². The maximum absolute atomic E-state index is 5.92. The molecule has 1 fully saturated rings. The quantitative estimate of drug-likeness (QED) is 0.597. The van der Waals surface area contributed by atoms with Crippen LogP contribution in [0.15, 0.2) is 24.3 Å². The number of likely N-dealkylation sites (N-methyl/N-ethyl adjacent to an activating group) is 1. The number of hydrogen-bond donors (Lipinski definition) is 0. The molecule has 4 nitrogen and oxygen atoms in total. The minimum atomic E-state index is -0.312. The molecule has 1 aromatic rings. The summed E-state index contributed by atoms with van der Waals surface area (Å²) in [4.78, 5) is 2.55. The SMILES string of the molecule is CCCC1(CCCN(CC)C(C)Cc2ccc(OC)cc2)OCCO1. The Labute approximate surface area is 153 Å². The Bertz CT molecular complexity index is 482. The molecule has 1 saturated heterocycles. The second-order valence-corrected chi connectivity index (χ2v) is 6.99. The number of methoxy groups -OCH3 is 1. The summed E-state index contributed by atoms with van der Waals surface area (Å²) in [5.41, 5.74) is 1.36. The van der Waals surface area contributed by atoms with Gasteiger partial charge < -0.3 is 19.1 Å². The fourth-order valence-corrected chi connectivity index (χ4v) is 3.77. The number of hydrogen-bond acceptors (Lipinski definition) is 4. The Morgan fingerprint density at radius 1 is 1.12 bits per heavy atom. The minimum absolute atomic E-state index is 0.312. The molecular weight excluding hydrogens is 314 g/mol.